The maximum absolute atomic E-state index is 12.7. The Morgan fingerprint density at radius 1 is 1.28 bits per heavy atom. The molecule has 0 radical (unpaired) electrons. The topological polar surface area (TPSA) is 121 Å². The van der Waals surface area contributed by atoms with E-state index in [9.17, 15) is 19.8 Å². The van der Waals surface area contributed by atoms with Crippen LogP contribution < -0.4 is 10.6 Å². The molecular formula is C24H38N2O6. The number of carbonyl (C=O) groups is 2. The highest BCUT2D eigenvalue weighted by Gasteiger charge is 2.60. The molecule has 1 aromatic rings. The molecule has 0 saturated heterocycles. The maximum Gasteiger partial charge on any atom is 0.407 e. The molecule has 0 unspecified atom stereocenters. The van der Waals surface area contributed by atoms with Crippen LogP contribution in [-0.2, 0) is 16.1 Å². The number of aliphatic hydroxyl groups excluding tert-OH is 2. The molecule has 6 atom stereocenters. The second-order valence-electron chi connectivity index (χ2n) is 10.3. The molecule has 8 heteroatoms. The molecule has 0 aliphatic heterocycles. The average molecular weight is 451 g/mol. The van der Waals surface area contributed by atoms with Gasteiger partial charge in [-0.05, 0) is 68.9 Å². The minimum absolute atomic E-state index is 0.0110. The van der Waals surface area contributed by atoms with Crippen molar-refractivity contribution in [1.29, 1.82) is 0 Å². The molecule has 2 amide bonds. The van der Waals surface area contributed by atoms with Gasteiger partial charge < -0.3 is 30.0 Å². The second kappa shape index (κ2) is 9.83. The number of nitrogens with one attached hydrogen (secondary N) is 2. The Hall–Kier alpha value is -2.06. The maximum atomic E-state index is 12.7. The van der Waals surface area contributed by atoms with Gasteiger partial charge in [0.1, 0.15) is 11.9 Å². The molecule has 2 aliphatic carbocycles. The van der Waals surface area contributed by atoms with E-state index in [2.05, 4.69) is 17.6 Å². The first kappa shape index (κ1) is 24.6. The van der Waals surface area contributed by atoms with Gasteiger partial charge in [-0.1, -0.05) is 13.8 Å². The van der Waals surface area contributed by atoms with Gasteiger partial charge in [0.05, 0.1) is 25.5 Å². The molecule has 0 aromatic carbocycles. The first-order valence-corrected chi connectivity index (χ1v) is 11.6. The number of amides is 2. The fraction of sp³-hybridized carbons (Fsp3) is 0.750. The predicted molar refractivity (Wildman–Crippen MR) is 118 cm³/mol. The summed E-state index contributed by atoms with van der Waals surface area (Å²) >= 11 is 0. The van der Waals surface area contributed by atoms with E-state index in [1.807, 2.05) is 20.8 Å². The molecule has 3 rings (SSSR count). The lowest BCUT2D eigenvalue weighted by Crippen LogP contribution is -2.61. The highest BCUT2D eigenvalue weighted by molar-refractivity contribution is 5.76. The fourth-order valence-electron chi connectivity index (χ4n) is 6.05. The molecule has 2 fully saturated rings. The lowest BCUT2D eigenvalue weighted by molar-refractivity contribution is -0.186. The quantitative estimate of drug-likeness (QED) is 0.507. The van der Waals surface area contributed by atoms with Crippen LogP contribution in [0.2, 0.25) is 0 Å². The Balaban J connectivity index is 1.74. The van der Waals surface area contributed by atoms with Gasteiger partial charge in [-0.3, -0.25) is 4.79 Å². The number of furan rings is 1. The van der Waals surface area contributed by atoms with Gasteiger partial charge >= 0.3 is 6.09 Å². The van der Waals surface area contributed by atoms with Crippen LogP contribution in [0.4, 0.5) is 4.79 Å². The number of rotatable bonds is 7. The molecule has 2 saturated carbocycles. The standard InChI is InChI=1S/C24H38N2O6/c1-15(2)26-22(30)32-20-9-10-23(3)17(12-21(29)25-13-16-6-5-11-31-16)18(28)7-8-19(23)24(20,4)14-27/h5-6,11,15,17-20,27-28H,7-10,12-14H2,1-4H3,(H,25,29)(H,26,30)/t17-,18-,19+,20-,23+,24+/m1/s1. The Kier molecular flexibility index (Phi) is 7.55. The van der Waals surface area contributed by atoms with Crippen molar-refractivity contribution in [1.82, 2.24) is 10.6 Å². The van der Waals surface area contributed by atoms with Gasteiger partial charge in [0.25, 0.3) is 0 Å². The number of aliphatic hydroxyl groups is 2. The van der Waals surface area contributed by atoms with Crippen LogP contribution in [-0.4, -0.2) is 47.1 Å². The lowest BCUT2D eigenvalue weighted by atomic mass is 9.46. The minimum Gasteiger partial charge on any atom is -0.467 e. The third-order valence-corrected chi connectivity index (χ3v) is 7.78. The minimum atomic E-state index is -0.648. The van der Waals surface area contributed by atoms with E-state index in [0.717, 1.165) is 0 Å². The zero-order valence-electron chi connectivity index (χ0n) is 19.6. The number of ether oxygens (including phenoxy) is 1. The van der Waals surface area contributed by atoms with E-state index < -0.39 is 23.7 Å². The zero-order valence-corrected chi connectivity index (χ0v) is 19.6. The summed E-state index contributed by atoms with van der Waals surface area (Å²) in [5, 5.41) is 26.9. The first-order valence-electron chi connectivity index (χ1n) is 11.6. The summed E-state index contributed by atoms with van der Waals surface area (Å²) in [6, 6.07) is 3.54. The largest absolute Gasteiger partial charge is 0.467 e. The number of hydrogen-bond acceptors (Lipinski definition) is 6. The summed E-state index contributed by atoms with van der Waals surface area (Å²) in [4.78, 5) is 25.0. The summed E-state index contributed by atoms with van der Waals surface area (Å²) in [5.74, 6) is 0.315. The van der Waals surface area contributed by atoms with E-state index in [0.29, 0.717) is 38.0 Å². The summed E-state index contributed by atoms with van der Waals surface area (Å²) in [5.41, 5.74) is -1.00. The monoisotopic (exact) mass is 450 g/mol. The Bertz CT molecular complexity index is 781. The van der Waals surface area contributed by atoms with Crippen molar-refractivity contribution in [2.45, 2.75) is 84.6 Å². The van der Waals surface area contributed by atoms with Crippen LogP contribution in [0, 0.1) is 22.7 Å². The third kappa shape index (κ3) is 4.96. The van der Waals surface area contributed by atoms with E-state index in [1.165, 1.54) is 0 Å². The van der Waals surface area contributed by atoms with Crippen molar-refractivity contribution < 1.29 is 29.0 Å². The zero-order chi connectivity index (χ0) is 23.5. The van der Waals surface area contributed by atoms with Gasteiger partial charge in [-0.2, -0.15) is 0 Å². The summed E-state index contributed by atoms with van der Waals surface area (Å²) in [6.07, 6.45) is 2.83. The van der Waals surface area contributed by atoms with Gasteiger partial charge in [0.15, 0.2) is 0 Å². The number of hydrogen-bond donors (Lipinski definition) is 4. The van der Waals surface area contributed by atoms with Gasteiger partial charge in [0.2, 0.25) is 5.91 Å². The molecule has 8 nitrogen and oxygen atoms in total. The van der Waals surface area contributed by atoms with Crippen LogP contribution in [0.25, 0.3) is 0 Å². The van der Waals surface area contributed by atoms with Crippen molar-refractivity contribution in [2.75, 3.05) is 6.61 Å². The van der Waals surface area contributed by atoms with Crippen LogP contribution in [0.3, 0.4) is 0 Å². The third-order valence-electron chi connectivity index (χ3n) is 7.78. The number of carbonyl (C=O) groups excluding carboxylic acids is 2. The van der Waals surface area contributed by atoms with E-state index in [4.69, 9.17) is 9.15 Å². The second-order valence-corrected chi connectivity index (χ2v) is 10.3. The average Bonchev–Trinajstić information content (AvgIpc) is 3.24. The van der Waals surface area contributed by atoms with E-state index in [-0.39, 0.29) is 42.2 Å². The van der Waals surface area contributed by atoms with Crippen molar-refractivity contribution >= 4 is 12.0 Å². The molecular weight excluding hydrogens is 412 g/mol. The molecule has 4 N–H and O–H groups in total. The Morgan fingerprint density at radius 3 is 2.66 bits per heavy atom. The van der Waals surface area contributed by atoms with E-state index >= 15 is 0 Å². The van der Waals surface area contributed by atoms with Crippen LogP contribution >= 0.6 is 0 Å². The number of alkyl carbamates (subject to hydrolysis) is 1. The van der Waals surface area contributed by atoms with Gasteiger partial charge in [-0.25, -0.2) is 4.79 Å². The van der Waals surface area contributed by atoms with Crippen molar-refractivity contribution in [3.05, 3.63) is 24.2 Å². The summed E-state index contributed by atoms with van der Waals surface area (Å²) < 4.78 is 11.0. The molecule has 0 bridgehead atoms. The Morgan fingerprint density at radius 2 is 2.03 bits per heavy atom. The van der Waals surface area contributed by atoms with E-state index in [1.54, 1.807) is 18.4 Å². The summed E-state index contributed by atoms with van der Waals surface area (Å²) in [6.45, 7) is 8.00. The molecule has 1 heterocycles. The first-order chi connectivity index (χ1) is 15.1. The van der Waals surface area contributed by atoms with Crippen LogP contribution in [0.5, 0.6) is 0 Å². The molecule has 2 aliphatic rings. The summed E-state index contributed by atoms with van der Waals surface area (Å²) in [7, 11) is 0. The fourth-order valence-corrected chi connectivity index (χ4v) is 6.05. The van der Waals surface area contributed by atoms with Crippen LogP contribution in [0.1, 0.15) is 65.6 Å². The smallest absolute Gasteiger partial charge is 0.407 e. The highest BCUT2D eigenvalue weighted by atomic mass is 16.6. The van der Waals surface area contributed by atoms with Crippen molar-refractivity contribution in [3.8, 4) is 0 Å². The van der Waals surface area contributed by atoms with Crippen molar-refractivity contribution in [2.24, 2.45) is 22.7 Å². The molecule has 32 heavy (non-hydrogen) atoms. The molecule has 1 aromatic heterocycles. The SMILES string of the molecule is CC(C)NC(=O)O[C@@H]1CC[C@]2(C)[C@H](CC[C@@H](O)[C@H]2CC(=O)NCc2ccco2)[C@]1(C)CO. The van der Waals surface area contributed by atoms with Gasteiger partial charge in [-0.15, -0.1) is 0 Å². The predicted octanol–water partition coefficient (Wildman–Crippen LogP) is 2.97. The lowest BCUT2D eigenvalue weighted by Gasteiger charge is -2.60. The van der Waals surface area contributed by atoms with Crippen LogP contribution in [0.15, 0.2) is 22.8 Å². The van der Waals surface area contributed by atoms with Crippen molar-refractivity contribution in [3.63, 3.8) is 0 Å². The number of fused-ring (bicyclic) bond motifs is 1. The molecule has 180 valence electrons. The molecule has 0 spiro atoms. The normalized spacial score (nSPS) is 34.6. The Labute approximate surface area is 190 Å². The highest BCUT2D eigenvalue weighted by Crippen LogP contribution is 2.61. The van der Waals surface area contributed by atoms with Gasteiger partial charge in [0, 0.05) is 17.9 Å².